The third kappa shape index (κ3) is 3.48. The minimum Gasteiger partial charge on any atom is -0.318 e. The first-order valence-electron chi connectivity index (χ1n) is 8.96. The Morgan fingerprint density at radius 2 is 1.75 bits per heavy atom. The zero-order valence-corrected chi connectivity index (χ0v) is 17.0. The second kappa shape index (κ2) is 7.50. The Kier molecular flexibility index (Phi) is 5.05. The standard InChI is InChI=1S/C19H20N4O3S2/c1-22-16-6-2-3-7-17(16)27-19(22)21-20-18(24)14-8-10-15(11-9-14)28(25,26)23-12-4-5-13-23/h2-3,6-11H,4-5,12-13H2,1H3,(H,20,24)/b21-19-. The molecule has 1 amide bonds. The number of thiazole rings is 1. The highest BCUT2D eigenvalue weighted by molar-refractivity contribution is 7.89. The van der Waals surface area contributed by atoms with Crippen LogP contribution in [-0.4, -0.2) is 36.3 Å². The average molecular weight is 417 g/mol. The molecular formula is C19H20N4O3S2. The Hall–Kier alpha value is -2.49. The summed E-state index contributed by atoms with van der Waals surface area (Å²) in [5.41, 5.74) is 3.94. The number of fused-ring (bicyclic) bond motifs is 1. The molecule has 28 heavy (non-hydrogen) atoms. The molecule has 4 rings (SSSR count). The van der Waals surface area contributed by atoms with Crippen LogP contribution in [0.2, 0.25) is 0 Å². The van der Waals surface area contributed by atoms with Crippen molar-refractivity contribution >= 4 is 37.5 Å². The van der Waals surface area contributed by atoms with E-state index in [0.29, 0.717) is 23.5 Å². The maximum absolute atomic E-state index is 12.6. The van der Waals surface area contributed by atoms with Crippen LogP contribution in [0.5, 0.6) is 0 Å². The largest absolute Gasteiger partial charge is 0.318 e. The van der Waals surface area contributed by atoms with Crippen LogP contribution in [0.15, 0.2) is 58.5 Å². The maximum Gasteiger partial charge on any atom is 0.271 e. The smallest absolute Gasteiger partial charge is 0.271 e. The summed E-state index contributed by atoms with van der Waals surface area (Å²) in [5.74, 6) is -0.387. The first-order valence-corrected chi connectivity index (χ1v) is 11.2. The summed E-state index contributed by atoms with van der Waals surface area (Å²) < 4.78 is 29.6. The molecule has 1 N–H and O–H groups in total. The predicted molar refractivity (Wildman–Crippen MR) is 108 cm³/mol. The number of aryl methyl sites for hydroxylation is 1. The number of carbonyl (C=O) groups excluding carboxylic acids is 1. The zero-order chi connectivity index (χ0) is 19.7. The van der Waals surface area contributed by atoms with Crippen molar-refractivity contribution in [3.8, 4) is 0 Å². The van der Waals surface area contributed by atoms with Gasteiger partial charge in [0.15, 0.2) is 0 Å². The van der Waals surface area contributed by atoms with E-state index >= 15 is 0 Å². The molecule has 1 aromatic heterocycles. The van der Waals surface area contributed by atoms with E-state index in [0.717, 1.165) is 23.1 Å². The maximum atomic E-state index is 12.6. The normalized spacial score (nSPS) is 16.0. The van der Waals surface area contributed by atoms with Crippen molar-refractivity contribution < 1.29 is 13.2 Å². The molecule has 0 saturated carbocycles. The lowest BCUT2D eigenvalue weighted by molar-refractivity contribution is 0.0953. The molecule has 0 aliphatic carbocycles. The number of sulfonamides is 1. The van der Waals surface area contributed by atoms with Gasteiger partial charge < -0.3 is 4.57 Å². The fourth-order valence-corrected chi connectivity index (χ4v) is 5.70. The van der Waals surface area contributed by atoms with E-state index in [9.17, 15) is 13.2 Å². The summed E-state index contributed by atoms with van der Waals surface area (Å²) in [6, 6.07) is 13.9. The van der Waals surface area contributed by atoms with Gasteiger partial charge in [0.05, 0.1) is 15.1 Å². The number of nitrogens with zero attached hydrogens (tertiary/aromatic N) is 3. The van der Waals surface area contributed by atoms with Gasteiger partial charge in [0, 0.05) is 25.7 Å². The fraction of sp³-hybridized carbons (Fsp3) is 0.263. The third-order valence-corrected chi connectivity index (χ3v) is 7.81. The van der Waals surface area contributed by atoms with Gasteiger partial charge in [-0.05, 0) is 49.2 Å². The highest BCUT2D eigenvalue weighted by Gasteiger charge is 2.27. The van der Waals surface area contributed by atoms with E-state index in [4.69, 9.17) is 0 Å². The van der Waals surface area contributed by atoms with E-state index in [-0.39, 0.29) is 10.8 Å². The van der Waals surface area contributed by atoms with Crippen LogP contribution in [0.4, 0.5) is 0 Å². The summed E-state index contributed by atoms with van der Waals surface area (Å²) in [6.07, 6.45) is 1.77. The molecule has 146 valence electrons. The Labute approximate surface area is 167 Å². The van der Waals surface area contributed by atoms with Gasteiger partial charge in [0.2, 0.25) is 14.8 Å². The van der Waals surface area contributed by atoms with Crippen molar-refractivity contribution in [1.82, 2.24) is 14.3 Å². The number of hydrogen-bond acceptors (Lipinski definition) is 5. The summed E-state index contributed by atoms with van der Waals surface area (Å²) in [7, 11) is -1.59. The number of rotatable bonds is 4. The molecule has 0 unspecified atom stereocenters. The van der Waals surface area contributed by atoms with Crippen molar-refractivity contribution in [1.29, 1.82) is 0 Å². The van der Waals surface area contributed by atoms with Crippen molar-refractivity contribution in [2.45, 2.75) is 17.7 Å². The topological polar surface area (TPSA) is 83.8 Å². The van der Waals surface area contributed by atoms with E-state index in [2.05, 4.69) is 10.5 Å². The van der Waals surface area contributed by atoms with Crippen LogP contribution in [-0.2, 0) is 17.1 Å². The molecule has 3 aromatic rings. The third-order valence-electron chi connectivity index (χ3n) is 4.79. The summed E-state index contributed by atoms with van der Waals surface area (Å²) in [6.45, 7) is 1.10. The van der Waals surface area contributed by atoms with Crippen LogP contribution in [0.25, 0.3) is 10.2 Å². The number of aromatic nitrogens is 1. The number of hydrogen-bond donors (Lipinski definition) is 1. The number of nitrogens with one attached hydrogen (secondary N) is 1. The Bertz CT molecular complexity index is 1190. The lowest BCUT2D eigenvalue weighted by Gasteiger charge is -2.15. The van der Waals surface area contributed by atoms with Gasteiger partial charge in [0.25, 0.3) is 5.91 Å². The van der Waals surface area contributed by atoms with Crippen molar-refractivity contribution in [2.24, 2.45) is 12.1 Å². The lowest BCUT2D eigenvalue weighted by atomic mass is 10.2. The van der Waals surface area contributed by atoms with E-state index in [1.807, 2.05) is 35.9 Å². The molecule has 1 saturated heterocycles. The molecule has 1 aliphatic rings. The molecule has 0 radical (unpaired) electrons. The quantitative estimate of drug-likeness (QED) is 0.662. The molecule has 0 bridgehead atoms. The second-order valence-electron chi connectivity index (χ2n) is 6.60. The first kappa shape index (κ1) is 18.9. The van der Waals surface area contributed by atoms with E-state index in [1.165, 1.54) is 39.9 Å². The van der Waals surface area contributed by atoms with Gasteiger partial charge in [-0.1, -0.05) is 23.5 Å². The SMILES string of the molecule is Cn1/c(=N/NC(=O)c2ccc(S(=O)(=O)N3CCCC3)cc2)sc2ccccc21. The molecule has 1 fully saturated rings. The van der Waals surface area contributed by atoms with Gasteiger partial charge in [-0.15, -0.1) is 5.10 Å². The van der Waals surface area contributed by atoms with Crippen molar-refractivity contribution in [2.75, 3.05) is 13.1 Å². The Balaban J connectivity index is 1.53. The number of benzene rings is 2. The molecule has 2 heterocycles. The Morgan fingerprint density at radius 1 is 1.07 bits per heavy atom. The molecule has 1 aliphatic heterocycles. The van der Waals surface area contributed by atoms with Crippen LogP contribution >= 0.6 is 11.3 Å². The van der Waals surface area contributed by atoms with Crippen LogP contribution < -0.4 is 10.2 Å². The van der Waals surface area contributed by atoms with Gasteiger partial charge >= 0.3 is 0 Å². The predicted octanol–water partition coefficient (Wildman–Crippen LogP) is 2.27. The first-order chi connectivity index (χ1) is 13.5. The lowest BCUT2D eigenvalue weighted by Crippen LogP contribution is -2.28. The van der Waals surface area contributed by atoms with Crippen molar-refractivity contribution in [3.05, 3.63) is 58.9 Å². The number of carbonyl (C=O) groups is 1. The highest BCUT2D eigenvalue weighted by atomic mass is 32.2. The van der Waals surface area contributed by atoms with Gasteiger partial charge in [0.1, 0.15) is 0 Å². The Morgan fingerprint density at radius 3 is 2.43 bits per heavy atom. The molecular weight excluding hydrogens is 396 g/mol. The van der Waals surface area contributed by atoms with Gasteiger partial charge in [-0.2, -0.15) is 4.31 Å². The van der Waals surface area contributed by atoms with Gasteiger partial charge in [-0.3, -0.25) is 4.79 Å². The summed E-state index contributed by atoms with van der Waals surface area (Å²) in [4.78, 5) is 13.3. The fourth-order valence-electron chi connectivity index (χ4n) is 3.21. The molecule has 7 nitrogen and oxygen atoms in total. The van der Waals surface area contributed by atoms with Crippen LogP contribution in [0, 0.1) is 0 Å². The number of para-hydroxylation sites is 1. The molecule has 0 atom stereocenters. The second-order valence-corrected chi connectivity index (χ2v) is 9.55. The van der Waals surface area contributed by atoms with Crippen molar-refractivity contribution in [3.63, 3.8) is 0 Å². The van der Waals surface area contributed by atoms with Gasteiger partial charge in [-0.25, -0.2) is 13.8 Å². The van der Waals surface area contributed by atoms with E-state index in [1.54, 1.807) is 0 Å². The van der Waals surface area contributed by atoms with Crippen LogP contribution in [0.3, 0.4) is 0 Å². The zero-order valence-electron chi connectivity index (χ0n) is 15.3. The molecule has 2 aromatic carbocycles. The monoisotopic (exact) mass is 416 g/mol. The molecule has 9 heteroatoms. The van der Waals surface area contributed by atoms with E-state index < -0.39 is 10.0 Å². The minimum absolute atomic E-state index is 0.207. The highest BCUT2D eigenvalue weighted by Crippen LogP contribution is 2.21. The minimum atomic E-state index is -3.48. The summed E-state index contributed by atoms with van der Waals surface area (Å²) >= 11 is 1.48. The molecule has 0 spiro atoms. The number of amides is 1. The van der Waals surface area contributed by atoms with Crippen LogP contribution in [0.1, 0.15) is 23.2 Å². The average Bonchev–Trinajstić information content (AvgIpc) is 3.36. The summed E-state index contributed by atoms with van der Waals surface area (Å²) in [5, 5.41) is 4.21.